The SMILES string of the molecule is CCNCC1CCN(C(=O)CSC(C)C(=O)Nc2cc(C)on2)CC1. The van der Waals surface area contributed by atoms with Crippen molar-refractivity contribution in [2.75, 3.05) is 37.2 Å². The molecule has 1 aromatic heterocycles. The highest BCUT2D eigenvalue weighted by molar-refractivity contribution is 8.01. The molecular weight excluding hydrogens is 340 g/mol. The molecular formula is C17H28N4O3S. The molecule has 1 aromatic rings. The second kappa shape index (κ2) is 9.82. The van der Waals surface area contributed by atoms with Gasteiger partial charge in [-0.3, -0.25) is 9.59 Å². The minimum Gasteiger partial charge on any atom is -0.360 e. The largest absolute Gasteiger partial charge is 0.360 e. The minimum atomic E-state index is -0.327. The molecule has 8 heteroatoms. The van der Waals surface area contributed by atoms with Crippen molar-refractivity contribution in [3.63, 3.8) is 0 Å². The highest BCUT2D eigenvalue weighted by atomic mass is 32.2. The van der Waals surface area contributed by atoms with Gasteiger partial charge in [0, 0.05) is 19.2 Å². The summed E-state index contributed by atoms with van der Waals surface area (Å²) in [6, 6.07) is 1.66. The number of thioether (sulfide) groups is 1. The number of likely N-dealkylation sites (tertiary alicyclic amines) is 1. The van der Waals surface area contributed by atoms with E-state index in [0.29, 0.717) is 23.2 Å². The van der Waals surface area contributed by atoms with E-state index in [1.807, 2.05) is 4.90 Å². The van der Waals surface area contributed by atoms with Crippen LogP contribution in [0.2, 0.25) is 0 Å². The van der Waals surface area contributed by atoms with Gasteiger partial charge in [-0.1, -0.05) is 12.1 Å². The summed E-state index contributed by atoms with van der Waals surface area (Å²) in [4.78, 5) is 26.4. The number of nitrogens with zero attached hydrogens (tertiary/aromatic N) is 2. The van der Waals surface area contributed by atoms with Crippen LogP contribution in [0.3, 0.4) is 0 Å². The molecule has 1 aliphatic heterocycles. The molecule has 1 unspecified atom stereocenters. The molecule has 2 N–H and O–H groups in total. The third kappa shape index (κ3) is 6.36. The molecule has 2 rings (SSSR count). The summed E-state index contributed by atoms with van der Waals surface area (Å²) in [6.45, 7) is 9.32. The number of hydrogen-bond donors (Lipinski definition) is 2. The number of aromatic nitrogens is 1. The minimum absolute atomic E-state index is 0.115. The summed E-state index contributed by atoms with van der Waals surface area (Å²) in [5.74, 6) is 1.98. The molecule has 0 spiro atoms. The van der Waals surface area contributed by atoms with Gasteiger partial charge in [-0.2, -0.15) is 0 Å². The Balaban J connectivity index is 1.68. The topological polar surface area (TPSA) is 87.5 Å². The van der Waals surface area contributed by atoms with Gasteiger partial charge < -0.3 is 20.1 Å². The maximum absolute atomic E-state index is 12.3. The van der Waals surface area contributed by atoms with Crippen LogP contribution >= 0.6 is 11.8 Å². The van der Waals surface area contributed by atoms with Crippen LogP contribution in [0.1, 0.15) is 32.4 Å². The summed E-state index contributed by atoms with van der Waals surface area (Å²) in [7, 11) is 0. The van der Waals surface area contributed by atoms with Gasteiger partial charge in [0.15, 0.2) is 5.82 Å². The first-order valence-electron chi connectivity index (χ1n) is 8.83. The summed E-state index contributed by atoms with van der Waals surface area (Å²) in [5, 5.41) is 9.48. The first-order chi connectivity index (χ1) is 12.0. The van der Waals surface area contributed by atoms with E-state index in [1.165, 1.54) is 11.8 Å². The Hall–Kier alpha value is -1.54. The number of aryl methyl sites for hydroxylation is 1. The van der Waals surface area contributed by atoms with E-state index in [-0.39, 0.29) is 17.1 Å². The van der Waals surface area contributed by atoms with Gasteiger partial charge in [-0.15, -0.1) is 11.8 Å². The highest BCUT2D eigenvalue weighted by Gasteiger charge is 2.24. The van der Waals surface area contributed by atoms with E-state index in [9.17, 15) is 9.59 Å². The van der Waals surface area contributed by atoms with Gasteiger partial charge in [0.05, 0.1) is 11.0 Å². The first-order valence-corrected chi connectivity index (χ1v) is 9.88. The molecule has 140 valence electrons. The van der Waals surface area contributed by atoms with Crippen molar-refractivity contribution in [1.82, 2.24) is 15.4 Å². The number of piperidine rings is 1. The van der Waals surface area contributed by atoms with Crippen LogP contribution in [0.4, 0.5) is 5.82 Å². The van der Waals surface area contributed by atoms with Crippen LogP contribution in [0.15, 0.2) is 10.6 Å². The van der Waals surface area contributed by atoms with Gasteiger partial charge in [0.2, 0.25) is 11.8 Å². The van der Waals surface area contributed by atoms with Gasteiger partial charge in [-0.05, 0) is 45.7 Å². The predicted molar refractivity (Wildman–Crippen MR) is 99.6 cm³/mol. The summed E-state index contributed by atoms with van der Waals surface area (Å²) >= 11 is 1.35. The van der Waals surface area contributed by atoms with Crippen LogP contribution in [0.25, 0.3) is 0 Å². The molecule has 1 fully saturated rings. The van der Waals surface area contributed by atoms with Crippen molar-refractivity contribution in [3.8, 4) is 0 Å². The van der Waals surface area contributed by atoms with Crippen molar-refractivity contribution in [2.45, 2.75) is 38.9 Å². The van der Waals surface area contributed by atoms with E-state index >= 15 is 0 Å². The number of rotatable bonds is 8. The summed E-state index contributed by atoms with van der Waals surface area (Å²) in [5.41, 5.74) is 0. The quantitative estimate of drug-likeness (QED) is 0.729. The Labute approximate surface area is 153 Å². The fraction of sp³-hybridized carbons (Fsp3) is 0.706. The van der Waals surface area contributed by atoms with Crippen LogP contribution < -0.4 is 10.6 Å². The van der Waals surface area contributed by atoms with E-state index < -0.39 is 0 Å². The number of hydrogen-bond acceptors (Lipinski definition) is 6. The lowest BCUT2D eigenvalue weighted by molar-refractivity contribution is -0.129. The zero-order valence-electron chi connectivity index (χ0n) is 15.2. The molecule has 0 bridgehead atoms. The average Bonchev–Trinajstić information content (AvgIpc) is 3.02. The Kier molecular flexibility index (Phi) is 7.77. The second-order valence-corrected chi connectivity index (χ2v) is 7.73. The van der Waals surface area contributed by atoms with Crippen molar-refractivity contribution >= 4 is 29.4 Å². The van der Waals surface area contributed by atoms with E-state index in [1.54, 1.807) is 19.9 Å². The zero-order valence-corrected chi connectivity index (χ0v) is 16.0. The van der Waals surface area contributed by atoms with Gasteiger partial charge >= 0.3 is 0 Å². The lowest BCUT2D eigenvalue weighted by Crippen LogP contribution is -2.41. The molecule has 0 aromatic carbocycles. The number of nitrogens with one attached hydrogen (secondary N) is 2. The van der Waals surface area contributed by atoms with Gasteiger partial charge in [-0.25, -0.2) is 0 Å². The first kappa shape index (κ1) is 19.8. The maximum atomic E-state index is 12.3. The van der Waals surface area contributed by atoms with E-state index in [2.05, 4.69) is 22.7 Å². The fourth-order valence-corrected chi connectivity index (χ4v) is 3.54. The van der Waals surface area contributed by atoms with E-state index in [0.717, 1.165) is 39.0 Å². The van der Waals surface area contributed by atoms with Crippen LogP contribution in [0.5, 0.6) is 0 Å². The van der Waals surface area contributed by atoms with Crippen molar-refractivity contribution in [1.29, 1.82) is 0 Å². The number of amides is 2. The molecule has 0 aliphatic carbocycles. The number of carbonyl (C=O) groups is 2. The van der Waals surface area contributed by atoms with Crippen molar-refractivity contribution in [2.24, 2.45) is 5.92 Å². The Bertz CT molecular complexity index is 570. The second-order valence-electron chi connectivity index (χ2n) is 6.40. The monoisotopic (exact) mass is 368 g/mol. The number of anilines is 1. The smallest absolute Gasteiger partial charge is 0.238 e. The molecule has 25 heavy (non-hydrogen) atoms. The summed E-state index contributed by atoms with van der Waals surface area (Å²) in [6.07, 6.45) is 2.09. The molecule has 0 radical (unpaired) electrons. The van der Waals surface area contributed by atoms with Crippen LogP contribution in [-0.2, 0) is 9.59 Å². The molecule has 1 atom stereocenters. The molecule has 2 heterocycles. The van der Waals surface area contributed by atoms with E-state index in [4.69, 9.17) is 4.52 Å². The third-order valence-corrected chi connectivity index (χ3v) is 5.48. The molecule has 0 saturated carbocycles. The maximum Gasteiger partial charge on any atom is 0.238 e. The van der Waals surface area contributed by atoms with Crippen molar-refractivity contribution in [3.05, 3.63) is 11.8 Å². The zero-order chi connectivity index (χ0) is 18.2. The Morgan fingerprint density at radius 3 is 2.76 bits per heavy atom. The molecule has 2 amide bonds. The highest BCUT2D eigenvalue weighted by Crippen LogP contribution is 2.19. The third-order valence-electron chi connectivity index (χ3n) is 4.36. The standard InChI is InChI=1S/C17H28N4O3S/c1-4-18-10-14-5-7-21(8-6-14)16(22)11-25-13(3)17(23)19-15-9-12(2)24-20-15/h9,13-14,18H,4-8,10-11H2,1-3H3,(H,19,20,23). The van der Waals surface area contributed by atoms with Crippen LogP contribution in [0, 0.1) is 12.8 Å². The lowest BCUT2D eigenvalue weighted by atomic mass is 9.97. The average molecular weight is 369 g/mol. The van der Waals surface area contributed by atoms with Gasteiger partial charge in [0.1, 0.15) is 5.76 Å². The predicted octanol–water partition coefficient (Wildman–Crippen LogP) is 1.89. The van der Waals surface area contributed by atoms with Crippen LogP contribution in [-0.4, -0.2) is 59.1 Å². The Morgan fingerprint density at radius 1 is 1.44 bits per heavy atom. The van der Waals surface area contributed by atoms with Gasteiger partial charge in [0.25, 0.3) is 0 Å². The molecule has 7 nitrogen and oxygen atoms in total. The normalized spacial score (nSPS) is 16.7. The number of carbonyl (C=O) groups excluding carboxylic acids is 2. The van der Waals surface area contributed by atoms with Crippen molar-refractivity contribution < 1.29 is 14.1 Å². The molecule has 1 saturated heterocycles. The fourth-order valence-electron chi connectivity index (χ4n) is 2.75. The lowest BCUT2D eigenvalue weighted by Gasteiger charge is -2.32. The molecule has 1 aliphatic rings. The summed E-state index contributed by atoms with van der Waals surface area (Å²) < 4.78 is 4.92. The Morgan fingerprint density at radius 2 is 2.16 bits per heavy atom.